The first-order valence-corrected chi connectivity index (χ1v) is 8.55. The lowest BCUT2D eigenvalue weighted by Crippen LogP contribution is -1.88. The summed E-state index contributed by atoms with van der Waals surface area (Å²) in [6.45, 7) is 2.08. The van der Waals surface area contributed by atoms with Gasteiger partial charge in [0.05, 0.1) is 12.1 Å². The standard InChI is InChI=1S/C19H15N3OS/c1-13-7-9-14(10-8-13)16-12-24-18(20-16)11-17-21-19(22-23-17)15-5-3-2-4-6-15/h2-10,12H,11H2,1H3. The Hall–Kier alpha value is -2.79. The van der Waals surface area contributed by atoms with Crippen LogP contribution in [0.1, 0.15) is 16.5 Å². The predicted octanol–water partition coefficient (Wildman–Crippen LogP) is 4.76. The molecule has 24 heavy (non-hydrogen) atoms. The van der Waals surface area contributed by atoms with E-state index in [1.165, 1.54) is 5.56 Å². The molecule has 118 valence electrons. The maximum absolute atomic E-state index is 5.36. The first-order chi connectivity index (χ1) is 11.8. The van der Waals surface area contributed by atoms with Crippen LogP contribution in [-0.2, 0) is 6.42 Å². The highest BCUT2D eigenvalue weighted by atomic mass is 32.1. The summed E-state index contributed by atoms with van der Waals surface area (Å²) >= 11 is 1.61. The number of aryl methyl sites for hydroxylation is 1. The third kappa shape index (κ3) is 3.12. The van der Waals surface area contributed by atoms with Crippen molar-refractivity contribution in [2.75, 3.05) is 0 Å². The highest BCUT2D eigenvalue weighted by molar-refractivity contribution is 7.10. The van der Waals surface area contributed by atoms with Crippen LogP contribution < -0.4 is 0 Å². The van der Waals surface area contributed by atoms with E-state index in [2.05, 4.69) is 51.7 Å². The van der Waals surface area contributed by atoms with Gasteiger partial charge in [-0.1, -0.05) is 65.3 Å². The second-order valence-electron chi connectivity index (χ2n) is 5.55. The Morgan fingerprint density at radius 2 is 1.71 bits per heavy atom. The minimum atomic E-state index is 0.552. The second kappa shape index (κ2) is 6.37. The van der Waals surface area contributed by atoms with Gasteiger partial charge in [-0.05, 0) is 6.92 Å². The summed E-state index contributed by atoms with van der Waals surface area (Å²) in [6, 6.07) is 18.2. The van der Waals surface area contributed by atoms with Crippen LogP contribution in [0.25, 0.3) is 22.6 Å². The van der Waals surface area contributed by atoms with Gasteiger partial charge < -0.3 is 4.52 Å². The SMILES string of the molecule is Cc1ccc(-c2csc(Cc3nc(-c4ccccc4)no3)n2)cc1. The minimum Gasteiger partial charge on any atom is -0.339 e. The largest absolute Gasteiger partial charge is 0.339 e. The van der Waals surface area contributed by atoms with Crippen molar-refractivity contribution in [2.45, 2.75) is 13.3 Å². The zero-order valence-electron chi connectivity index (χ0n) is 13.1. The molecule has 2 aromatic carbocycles. The smallest absolute Gasteiger partial charge is 0.233 e. The van der Waals surface area contributed by atoms with Gasteiger partial charge in [0.1, 0.15) is 5.01 Å². The molecule has 4 nitrogen and oxygen atoms in total. The number of benzene rings is 2. The van der Waals surface area contributed by atoms with Crippen LogP contribution in [0.3, 0.4) is 0 Å². The van der Waals surface area contributed by atoms with E-state index in [0.29, 0.717) is 18.1 Å². The fourth-order valence-electron chi connectivity index (χ4n) is 2.41. The Morgan fingerprint density at radius 3 is 2.50 bits per heavy atom. The molecule has 0 spiro atoms. The molecule has 2 heterocycles. The molecule has 0 saturated heterocycles. The van der Waals surface area contributed by atoms with Crippen molar-refractivity contribution in [1.82, 2.24) is 15.1 Å². The van der Waals surface area contributed by atoms with Gasteiger partial charge in [-0.25, -0.2) is 4.98 Å². The van der Waals surface area contributed by atoms with E-state index < -0.39 is 0 Å². The van der Waals surface area contributed by atoms with Crippen molar-refractivity contribution in [3.05, 3.63) is 76.4 Å². The van der Waals surface area contributed by atoms with E-state index in [0.717, 1.165) is 21.8 Å². The molecule has 4 rings (SSSR count). The predicted molar refractivity (Wildman–Crippen MR) is 94.8 cm³/mol. The minimum absolute atomic E-state index is 0.552. The summed E-state index contributed by atoms with van der Waals surface area (Å²) in [4.78, 5) is 9.14. The van der Waals surface area contributed by atoms with Gasteiger partial charge in [-0.3, -0.25) is 0 Å². The third-order valence-electron chi connectivity index (χ3n) is 3.70. The first-order valence-electron chi connectivity index (χ1n) is 7.67. The molecule has 0 atom stereocenters. The van der Waals surface area contributed by atoms with Crippen LogP contribution in [-0.4, -0.2) is 15.1 Å². The third-order valence-corrected chi connectivity index (χ3v) is 4.55. The Morgan fingerprint density at radius 1 is 0.917 bits per heavy atom. The van der Waals surface area contributed by atoms with Crippen LogP contribution in [0.15, 0.2) is 64.5 Å². The summed E-state index contributed by atoms with van der Waals surface area (Å²) in [6.07, 6.45) is 0.552. The molecule has 0 aliphatic carbocycles. The zero-order chi connectivity index (χ0) is 16.4. The van der Waals surface area contributed by atoms with Crippen molar-refractivity contribution in [1.29, 1.82) is 0 Å². The fraction of sp³-hybridized carbons (Fsp3) is 0.105. The lowest BCUT2D eigenvalue weighted by molar-refractivity contribution is 0.385. The van der Waals surface area contributed by atoms with Crippen LogP contribution in [0, 0.1) is 6.92 Å². The van der Waals surface area contributed by atoms with Crippen LogP contribution in [0.5, 0.6) is 0 Å². The van der Waals surface area contributed by atoms with Crippen molar-refractivity contribution in [3.63, 3.8) is 0 Å². The number of rotatable bonds is 4. The number of hydrogen-bond donors (Lipinski definition) is 0. The summed E-state index contributed by atoms with van der Waals surface area (Å²) in [5, 5.41) is 7.08. The molecule has 5 heteroatoms. The lowest BCUT2D eigenvalue weighted by Gasteiger charge is -1.96. The van der Waals surface area contributed by atoms with Crippen molar-refractivity contribution in [2.24, 2.45) is 0 Å². The summed E-state index contributed by atoms with van der Waals surface area (Å²) in [5.74, 6) is 1.19. The highest BCUT2D eigenvalue weighted by Gasteiger charge is 2.12. The molecule has 0 fully saturated rings. The summed E-state index contributed by atoms with van der Waals surface area (Å²) in [5.41, 5.74) is 4.30. The van der Waals surface area contributed by atoms with Gasteiger partial charge in [0.2, 0.25) is 11.7 Å². The van der Waals surface area contributed by atoms with E-state index in [-0.39, 0.29) is 0 Å². The van der Waals surface area contributed by atoms with E-state index >= 15 is 0 Å². The van der Waals surface area contributed by atoms with Gasteiger partial charge in [0, 0.05) is 16.5 Å². The lowest BCUT2D eigenvalue weighted by atomic mass is 10.1. The van der Waals surface area contributed by atoms with Gasteiger partial charge in [-0.15, -0.1) is 11.3 Å². The van der Waals surface area contributed by atoms with Crippen LogP contribution in [0.2, 0.25) is 0 Å². The van der Waals surface area contributed by atoms with Gasteiger partial charge in [-0.2, -0.15) is 4.98 Å². The van der Waals surface area contributed by atoms with Gasteiger partial charge in [0.25, 0.3) is 0 Å². The van der Waals surface area contributed by atoms with Crippen molar-refractivity contribution >= 4 is 11.3 Å². The summed E-state index contributed by atoms with van der Waals surface area (Å²) in [7, 11) is 0. The van der Waals surface area contributed by atoms with E-state index in [9.17, 15) is 0 Å². The second-order valence-corrected chi connectivity index (χ2v) is 6.49. The number of nitrogens with zero attached hydrogens (tertiary/aromatic N) is 3. The molecule has 4 aromatic rings. The number of hydrogen-bond acceptors (Lipinski definition) is 5. The van der Waals surface area contributed by atoms with Crippen LogP contribution >= 0.6 is 11.3 Å². The monoisotopic (exact) mass is 333 g/mol. The van der Waals surface area contributed by atoms with E-state index in [4.69, 9.17) is 4.52 Å². The Balaban J connectivity index is 1.52. The van der Waals surface area contributed by atoms with E-state index in [1.54, 1.807) is 11.3 Å². The normalized spacial score (nSPS) is 10.9. The number of thiazole rings is 1. The first kappa shape index (κ1) is 14.8. The molecule has 0 amide bonds. The van der Waals surface area contributed by atoms with Crippen molar-refractivity contribution in [3.8, 4) is 22.6 Å². The highest BCUT2D eigenvalue weighted by Crippen LogP contribution is 2.24. The van der Waals surface area contributed by atoms with Gasteiger partial charge in [0.15, 0.2) is 0 Å². The Kier molecular flexibility index (Phi) is 3.92. The van der Waals surface area contributed by atoms with Crippen LogP contribution in [0.4, 0.5) is 0 Å². The molecule has 0 bridgehead atoms. The van der Waals surface area contributed by atoms with Gasteiger partial charge >= 0.3 is 0 Å². The zero-order valence-corrected chi connectivity index (χ0v) is 14.0. The molecular weight excluding hydrogens is 318 g/mol. The topological polar surface area (TPSA) is 51.8 Å². The Bertz CT molecular complexity index is 942. The fourth-order valence-corrected chi connectivity index (χ4v) is 3.20. The van der Waals surface area contributed by atoms with E-state index in [1.807, 2.05) is 30.3 Å². The molecular formula is C19H15N3OS. The molecule has 0 radical (unpaired) electrons. The maximum Gasteiger partial charge on any atom is 0.233 e. The summed E-state index contributed by atoms with van der Waals surface area (Å²) < 4.78 is 5.36. The average Bonchev–Trinajstić information content (AvgIpc) is 3.27. The quantitative estimate of drug-likeness (QED) is 0.540. The number of aromatic nitrogens is 3. The molecule has 0 saturated carbocycles. The molecule has 2 aromatic heterocycles. The molecule has 0 aliphatic rings. The maximum atomic E-state index is 5.36. The average molecular weight is 333 g/mol. The molecule has 0 unspecified atom stereocenters. The Labute approximate surface area is 143 Å². The molecule has 0 aliphatic heterocycles. The molecule has 0 N–H and O–H groups in total. The van der Waals surface area contributed by atoms with Crippen molar-refractivity contribution < 1.29 is 4.52 Å².